The second kappa shape index (κ2) is 3.46. The first-order chi connectivity index (χ1) is 5.52. The number of rotatable bonds is 0. The molecule has 1 aliphatic heterocycles. The smallest absolute Gasteiger partial charge is 0.0758 e. The molecule has 3 N–H and O–H groups in total. The van der Waals surface area contributed by atoms with Gasteiger partial charge in [-0.3, -0.25) is 0 Å². The Hall–Kier alpha value is -0.540. The minimum absolute atomic E-state index is 0.0544. The van der Waals surface area contributed by atoms with Crippen molar-refractivity contribution in [2.45, 2.75) is 26.9 Å². The lowest BCUT2D eigenvalue weighted by Gasteiger charge is -2.25. The quantitative estimate of drug-likeness (QED) is 0.566. The van der Waals surface area contributed by atoms with Crippen LogP contribution in [-0.2, 0) is 0 Å². The third-order valence-electron chi connectivity index (χ3n) is 2.82. The van der Waals surface area contributed by atoms with Crippen LogP contribution in [0.2, 0.25) is 0 Å². The van der Waals surface area contributed by atoms with E-state index in [4.69, 9.17) is 5.73 Å². The molecule has 0 aromatic carbocycles. The zero-order valence-corrected chi connectivity index (χ0v) is 8.33. The van der Waals surface area contributed by atoms with Gasteiger partial charge in [-0.2, -0.15) is 0 Å². The van der Waals surface area contributed by atoms with Gasteiger partial charge < -0.3 is 10.7 Å². The summed E-state index contributed by atoms with van der Waals surface area (Å²) in [7, 11) is 1.98. The first kappa shape index (κ1) is 9.55. The molecule has 0 bridgehead atoms. The number of hydrogen-bond donors (Lipinski definition) is 2. The number of allylic oxidation sites excluding steroid dienone is 1. The molecule has 0 unspecified atom stereocenters. The number of nitrogens with two attached hydrogens (primary N) is 1. The van der Waals surface area contributed by atoms with Crippen molar-refractivity contribution in [1.29, 1.82) is 0 Å². The zero-order chi connectivity index (χ0) is 9.30. The van der Waals surface area contributed by atoms with Crippen LogP contribution in [0, 0.1) is 11.8 Å². The Morgan fingerprint density at radius 3 is 2.67 bits per heavy atom. The summed E-state index contributed by atoms with van der Waals surface area (Å²) in [5.41, 5.74) is 10.5. The molecule has 3 nitrogen and oxygen atoms in total. The minimum Gasteiger partial charge on any atom is -0.317 e. The predicted octanol–water partition coefficient (Wildman–Crippen LogP) is 0.897. The van der Waals surface area contributed by atoms with E-state index >= 15 is 0 Å². The maximum absolute atomic E-state index is 5.94. The van der Waals surface area contributed by atoms with Crippen molar-refractivity contribution in [1.82, 2.24) is 10.4 Å². The van der Waals surface area contributed by atoms with E-state index < -0.39 is 0 Å². The number of hydrazine groups is 1. The molecule has 1 rings (SSSR count). The number of nitrogens with one attached hydrogen (secondary N) is 1. The molecule has 0 aliphatic carbocycles. The SMILES string of the molecule is CC1=CN(C)N[C@H](N)[C@H](C)[C@H]1C. The fourth-order valence-electron chi connectivity index (χ4n) is 1.54. The van der Waals surface area contributed by atoms with Crippen LogP contribution in [0.25, 0.3) is 0 Å². The molecule has 1 aliphatic rings. The molecule has 0 saturated heterocycles. The Labute approximate surface area is 74.6 Å². The van der Waals surface area contributed by atoms with Crippen LogP contribution in [0.1, 0.15) is 20.8 Å². The summed E-state index contributed by atoms with van der Waals surface area (Å²) in [6.07, 6.45) is 2.16. The Bertz CT molecular complexity index is 188. The first-order valence-electron chi connectivity index (χ1n) is 4.45. The molecular formula is C9H19N3. The summed E-state index contributed by atoms with van der Waals surface area (Å²) >= 11 is 0. The zero-order valence-electron chi connectivity index (χ0n) is 8.33. The third kappa shape index (κ3) is 1.79. The van der Waals surface area contributed by atoms with Crippen LogP contribution in [0.5, 0.6) is 0 Å². The molecule has 3 heteroatoms. The van der Waals surface area contributed by atoms with Gasteiger partial charge in [-0.15, -0.1) is 0 Å². The Morgan fingerprint density at radius 2 is 2.08 bits per heavy atom. The summed E-state index contributed by atoms with van der Waals surface area (Å²) < 4.78 is 0. The molecule has 3 atom stereocenters. The molecule has 0 aromatic heterocycles. The molecule has 0 radical (unpaired) electrons. The molecule has 0 saturated carbocycles. The highest BCUT2D eigenvalue weighted by Crippen LogP contribution is 2.23. The van der Waals surface area contributed by atoms with Crippen molar-refractivity contribution in [3.05, 3.63) is 11.8 Å². The van der Waals surface area contributed by atoms with Crippen LogP contribution >= 0.6 is 0 Å². The van der Waals surface area contributed by atoms with Gasteiger partial charge in [-0.1, -0.05) is 19.4 Å². The third-order valence-corrected chi connectivity index (χ3v) is 2.82. The van der Waals surface area contributed by atoms with Crippen molar-refractivity contribution in [2.24, 2.45) is 17.6 Å². The summed E-state index contributed by atoms with van der Waals surface area (Å²) in [5, 5.41) is 1.94. The molecule has 70 valence electrons. The highest BCUT2D eigenvalue weighted by Gasteiger charge is 2.24. The van der Waals surface area contributed by atoms with Crippen LogP contribution in [-0.4, -0.2) is 18.2 Å². The Balaban J connectivity index is 2.80. The lowest BCUT2D eigenvalue weighted by molar-refractivity contribution is 0.225. The predicted molar refractivity (Wildman–Crippen MR) is 51.0 cm³/mol. The van der Waals surface area contributed by atoms with E-state index in [-0.39, 0.29) is 6.17 Å². The maximum Gasteiger partial charge on any atom is 0.0758 e. The summed E-state index contributed by atoms with van der Waals surface area (Å²) in [5.74, 6) is 1.03. The van der Waals surface area contributed by atoms with Gasteiger partial charge >= 0.3 is 0 Å². The van der Waals surface area contributed by atoms with Gasteiger partial charge in [0.05, 0.1) is 6.17 Å². The summed E-state index contributed by atoms with van der Waals surface area (Å²) in [6.45, 7) is 6.55. The van der Waals surface area contributed by atoms with E-state index in [0.717, 1.165) is 0 Å². The van der Waals surface area contributed by atoms with Crippen molar-refractivity contribution in [3.63, 3.8) is 0 Å². The highest BCUT2D eigenvalue weighted by atomic mass is 15.5. The number of nitrogens with zero attached hydrogens (tertiary/aromatic N) is 1. The van der Waals surface area contributed by atoms with Crippen LogP contribution in [0.4, 0.5) is 0 Å². The van der Waals surface area contributed by atoms with Gasteiger partial charge in [0.2, 0.25) is 0 Å². The molecule has 0 amide bonds. The van der Waals surface area contributed by atoms with Crippen LogP contribution in [0.3, 0.4) is 0 Å². The van der Waals surface area contributed by atoms with Gasteiger partial charge in [0.15, 0.2) is 0 Å². The molecule has 12 heavy (non-hydrogen) atoms. The van der Waals surface area contributed by atoms with Gasteiger partial charge in [0.1, 0.15) is 0 Å². The summed E-state index contributed by atoms with van der Waals surface area (Å²) in [4.78, 5) is 0. The normalized spacial score (nSPS) is 37.6. The summed E-state index contributed by atoms with van der Waals surface area (Å²) in [6, 6.07) is 0. The largest absolute Gasteiger partial charge is 0.317 e. The minimum atomic E-state index is 0.0544. The highest BCUT2D eigenvalue weighted by molar-refractivity contribution is 5.05. The average Bonchev–Trinajstić information content (AvgIpc) is 2.05. The molecule has 0 fully saturated rings. The topological polar surface area (TPSA) is 41.3 Å². The van der Waals surface area contributed by atoms with Gasteiger partial charge in [-0.05, 0) is 18.8 Å². The van der Waals surface area contributed by atoms with E-state index in [0.29, 0.717) is 11.8 Å². The molecular weight excluding hydrogens is 150 g/mol. The van der Waals surface area contributed by atoms with Crippen molar-refractivity contribution in [2.75, 3.05) is 7.05 Å². The lowest BCUT2D eigenvalue weighted by Crippen LogP contribution is -2.48. The fourth-order valence-corrected chi connectivity index (χ4v) is 1.54. The maximum atomic E-state index is 5.94. The lowest BCUT2D eigenvalue weighted by atomic mass is 9.88. The van der Waals surface area contributed by atoms with Gasteiger partial charge in [-0.25, -0.2) is 5.43 Å². The number of hydrogen-bond acceptors (Lipinski definition) is 3. The van der Waals surface area contributed by atoms with Crippen molar-refractivity contribution in [3.8, 4) is 0 Å². The van der Waals surface area contributed by atoms with E-state index in [1.807, 2.05) is 12.1 Å². The van der Waals surface area contributed by atoms with E-state index in [1.54, 1.807) is 0 Å². The van der Waals surface area contributed by atoms with E-state index in [9.17, 15) is 0 Å². The molecule has 0 aromatic rings. The van der Waals surface area contributed by atoms with E-state index in [2.05, 4.69) is 32.4 Å². The average molecular weight is 169 g/mol. The monoisotopic (exact) mass is 169 g/mol. The van der Waals surface area contributed by atoms with Crippen molar-refractivity contribution < 1.29 is 0 Å². The Kier molecular flexibility index (Phi) is 2.75. The molecule has 1 heterocycles. The van der Waals surface area contributed by atoms with E-state index in [1.165, 1.54) is 5.57 Å². The van der Waals surface area contributed by atoms with Gasteiger partial charge in [0.25, 0.3) is 0 Å². The Morgan fingerprint density at radius 1 is 1.50 bits per heavy atom. The van der Waals surface area contributed by atoms with Crippen molar-refractivity contribution >= 4 is 0 Å². The molecule has 0 spiro atoms. The fraction of sp³-hybridized carbons (Fsp3) is 0.778. The first-order valence-corrected chi connectivity index (χ1v) is 4.45. The standard InChI is InChI=1S/C9H19N3/c1-6-5-12(4)11-9(10)8(3)7(6)2/h5,7-9,11H,10H2,1-4H3/t7-,8+,9-/m0/s1. The second-order valence-electron chi connectivity index (χ2n) is 3.79. The van der Waals surface area contributed by atoms with Gasteiger partial charge in [0, 0.05) is 13.2 Å². The second-order valence-corrected chi connectivity index (χ2v) is 3.79. The van der Waals surface area contributed by atoms with Crippen LogP contribution < -0.4 is 11.2 Å². The van der Waals surface area contributed by atoms with Crippen LogP contribution in [0.15, 0.2) is 11.8 Å².